The quantitative estimate of drug-likeness (QED) is 0.473. The van der Waals surface area contributed by atoms with Crippen molar-refractivity contribution in [2.45, 2.75) is 26.4 Å². The van der Waals surface area contributed by atoms with Gasteiger partial charge in [0.15, 0.2) is 5.96 Å². The average Bonchev–Trinajstić information content (AvgIpc) is 3.34. The number of guanidine groups is 1. The zero-order chi connectivity index (χ0) is 17.5. The van der Waals surface area contributed by atoms with Gasteiger partial charge in [0.1, 0.15) is 0 Å². The van der Waals surface area contributed by atoms with Crippen molar-refractivity contribution < 1.29 is 0 Å². The monoisotopic (exact) mass is 354 g/mol. The Morgan fingerprint density at radius 1 is 1.00 bits per heavy atom. The number of thiophene rings is 1. The van der Waals surface area contributed by atoms with Crippen LogP contribution in [0.5, 0.6) is 0 Å². The van der Waals surface area contributed by atoms with Crippen LogP contribution in [-0.4, -0.2) is 26.1 Å². The number of aliphatic imine (C=N–C) groups is 1. The highest BCUT2D eigenvalue weighted by Gasteiger charge is 2.07. The molecule has 2 heterocycles. The fraction of sp³-hybridized carbons (Fsp3) is 0.350. The van der Waals surface area contributed by atoms with E-state index < -0.39 is 0 Å². The third-order valence-electron chi connectivity index (χ3n) is 4.30. The zero-order valence-corrected chi connectivity index (χ0v) is 15.8. The van der Waals surface area contributed by atoms with Crippen molar-refractivity contribution in [2.75, 3.05) is 25.0 Å². The van der Waals surface area contributed by atoms with Crippen LogP contribution in [0.3, 0.4) is 0 Å². The van der Waals surface area contributed by atoms with E-state index in [0.717, 1.165) is 38.6 Å². The minimum Gasteiger partial charge on any atom is -0.364 e. The molecule has 0 saturated heterocycles. The van der Waals surface area contributed by atoms with Crippen LogP contribution in [0.1, 0.15) is 22.2 Å². The van der Waals surface area contributed by atoms with Crippen LogP contribution < -0.4 is 15.5 Å². The minimum absolute atomic E-state index is 0.767. The van der Waals surface area contributed by atoms with Gasteiger partial charge in [0.2, 0.25) is 0 Å². The molecule has 0 aliphatic carbocycles. The molecule has 1 aliphatic heterocycles. The summed E-state index contributed by atoms with van der Waals surface area (Å²) in [5.41, 5.74) is 2.53. The van der Waals surface area contributed by atoms with E-state index in [2.05, 4.69) is 76.0 Å². The summed E-state index contributed by atoms with van der Waals surface area (Å²) < 4.78 is 0. The lowest BCUT2D eigenvalue weighted by Crippen LogP contribution is -2.36. The van der Waals surface area contributed by atoms with E-state index in [0.29, 0.717) is 0 Å². The first kappa shape index (κ1) is 17.5. The van der Waals surface area contributed by atoms with Crippen LogP contribution in [0, 0.1) is 0 Å². The molecule has 0 saturated carbocycles. The molecule has 25 heavy (non-hydrogen) atoms. The molecule has 1 aliphatic rings. The van der Waals surface area contributed by atoms with Crippen molar-refractivity contribution in [1.82, 2.24) is 10.6 Å². The smallest absolute Gasteiger partial charge is 0.191 e. The van der Waals surface area contributed by atoms with E-state index >= 15 is 0 Å². The molecule has 1 aromatic heterocycles. The number of hydrogen-bond acceptors (Lipinski definition) is 3. The summed E-state index contributed by atoms with van der Waals surface area (Å²) >= 11 is 1.86. The van der Waals surface area contributed by atoms with Crippen LogP contribution in [-0.2, 0) is 19.5 Å². The van der Waals surface area contributed by atoms with Gasteiger partial charge in [0.05, 0.1) is 6.54 Å². The molecule has 0 fully saturated rings. The first-order valence-electron chi connectivity index (χ1n) is 8.79. The molecule has 4 nitrogen and oxygen atoms in total. The Labute approximate surface area is 154 Å². The molecule has 0 bridgehead atoms. The van der Waals surface area contributed by atoms with E-state index in [4.69, 9.17) is 0 Å². The molecule has 0 unspecified atom stereocenters. The van der Waals surface area contributed by atoms with E-state index in [1.54, 1.807) is 0 Å². The molecule has 1 aromatic carbocycles. The van der Waals surface area contributed by atoms with Crippen LogP contribution >= 0.6 is 11.3 Å². The number of rotatable bonds is 6. The number of benzene rings is 1. The van der Waals surface area contributed by atoms with E-state index in [1.165, 1.54) is 21.0 Å². The summed E-state index contributed by atoms with van der Waals surface area (Å²) in [4.78, 5) is 9.42. The third-order valence-corrected chi connectivity index (χ3v) is 5.53. The maximum Gasteiger partial charge on any atom is 0.191 e. The fourth-order valence-electron chi connectivity index (χ4n) is 2.80. The second kappa shape index (κ2) is 8.72. The Balaban J connectivity index is 1.47. The highest BCUT2D eigenvalue weighted by molar-refractivity contribution is 7.11. The average molecular weight is 355 g/mol. The Morgan fingerprint density at radius 2 is 1.68 bits per heavy atom. The Bertz CT molecular complexity index is 722. The van der Waals surface area contributed by atoms with Crippen LogP contribution in [0.15, 0.2) is 53.5 Å². The summed E-state index contributed by atoms with van der Waals surface area (Å²) in [7, 11) is 1.81. The molecule has 3 rings (SSSR count). The predicted molar refractivity (Wildman–Crippen MR) is 109 cm³/mol. The van der Waals surface area contributed by atoms with Crippen molar-refractivity contribution in [3.8, 4) is 0 Å². The molecule has 0 atom stereocenters. The van der Waals surface area contributed by atoms with Crippen molar-refractivity contribution in [2.24, 2.45) is 4.99 Å². The van der Waals surface area contributed by atoms with Crippen molar-refractivity contribution in [3.63, 3.8) is 0 Å². The van der Waals surface area contributed by atoms with E-state index in [1.807, 2.05) is 18.4 Å². The molecular weight excluding hydrogens is 328 g/mol. The molecule has 132 valence electrons. The zero-order valence-electron chi connectivity index (χ0n) is 15.0. The number of nitrogens with one attached hydrogen (secondary N) is 2. The lowest BCUT2D eigenvalue weighted by Gasteiger charge is -2.18. The summed E-state index contributed by atoms with van der Waals surface area (Å²) in [5.74, 6) is 0.833. The third kappa shape index (κ3) is 4.86. The summed E-state index contributed by atoms with van der Waals surface area (Å²) in [5, 5.41) is 6.77. The molecule has 0 amide bonds. The highest BCUT2D eigenvalue weighted by atomic mass is 32.1. The van der Waals surface area contributed by atoms with Crippen molar-refractivity contribution in [3.05, 3.63) is 63.9 Å². The van der Waals surface area contributed by atoms with E-state index in [9.17, 15) is 0 Å². The van der Waals surface area contributed by atoms with Crippen LogP contribution in [0.2, 0.25) is 0 Å². The van der Waals surface area contributed by atoms with Gasteiger partial charge in [0, 0.05) is 42.1 Å². The lowest BCUT2D eigenvalue weighted by atomic mass is 10.2. The fourth-order valence-corrected chi connectivity index (χ4v) is 3.70. The number of nitrogens with zero attached hydrogens (tertiary/aromatic N) is 2. The summed E-state index contributed by atoms with van der Waals surface area (Å²) in [6.07, 6.45) is 5.52. The van der Waals surface area contributed by atoms with Crippen molar-refractivity contribution >= 4 is 23.0 Å². The molecule has 2 aromatic rings. The molecule has 0 radical (unpaired) electrons. The van der Waals surface area contributed by atoms with Gasteiger partial charge in [0.25, 0.3) is 0 Å². The number of anilines is 1. The predicted octanol–water partition coefficient (Wildman–Crippen LogP) is 3.55. The van der Waals surface area contributed by atoms with Gasteiger partial charge in [-0.25, -0.2) is 0 Å². The van der Waals surface area contributed by atoms with Gasteiger partial charge in [-0.1, -0.05) is 31.2 Å². The topological polar surface area (TPSA) is 39.7 Å². The van der Waals surface area contributed by atoms with E-state index in [-0.39, 0.29) is 0 Å². The second-order valence-electron chi connectivity index (χ2n) is 6.04. The van der Waals surface area contributed by atoms with Gasteiger partial charge in [-0.05, 0) is 36.2 Å². The van der Waals surface area contributed by atoms with Crippen LogP contribution in [0.4, 0.5) is 5.69 Å². The maximum absolute atomic E-state index is 4.31. The number of aryl methyl sites for hydroxylation is 1. The maximum atomic E-state index is 4.31. The normalized spacial score (nSPS) is 14.2. The lowest BCUT2D eigenvalue weighted by molar-refractivity contribution is 0.815. The second-order valence-corrected chi connectivity index (χ2v) is 7.30. The minimum atomic E-state index is 0.767. The largest absolute Gasteiger partial charge is 0.364 e. The Kier molecular flexibility index (Phi) is 6.12. The molecule has 5 heteroatoms. The van der Waals surface area contributed by atoms with Gasteiger partial charge in [-0.3, -0.25) is 4.99 Å². The Morgan fingerprint density at radius 3 is 2.32 bits per heavy atom. The highest BCUT2D eigenvalue weighted by Crippen LogP contribution is 2.18. The van der Waals surface area contributed by atoms with Gasteiger partial charge in [-0.2, -0.15) is 0 Å². The standard InChI is InChI=1S/C20H26N4S/c1-3-18-10-11-19(25-18)15-23-20(21-2)22-14-16-6-8-17(9-7-16)24-12-4-5-13-24/h4-11H,3,12-15H2,1-2H3,(H2,21,22,23). The van der Waals surface area contributed by atoms with Crippen LogP contribution in [0.25, 0.3) is 0 Å². The van der Waals surface area contributed by atoms with Gasteiger partial charge < -0.3 is 15.5 Å². The summed E-state index contributed by atoms with van der Waals surface area (Å²) in [6, 6.07) is 13.1. The first-order valence-corrected chi connectivity index (χ1v) is 9.61. The number of hydrogen-bond donors (Lipinski definition) is 2. The van der Waals surface area contributed by atoms with Crippen molar-refractivity contribution in [1.29, 1.82) is 0 Å². The van der Waals surface area contributed by atoms with Gasteiger partial charge >= 0.3 is 0 Å². The molecule has 0 spiro atoms. The summed E-state index contributed by atoms with van der Waals surface area (Å²) in [6.45, 7) is 5.79. The molecular formula is C20H26N4S. The van der Waals surface area contributed by atoms with Gasteiger partial charge in [-0.15, -0.1) is 11.3 Å². The first-order chi connectivity index (χ1) is 12.3. The Hall–Kier alpha value is -2.27. The SMILES string of the molecule is CCc1ccc(CNC(=NC)NCc2ccc(N3CC=CC3)cc2)s1. The molecule has 2 N–H and O–H groups in total.